The number of phenols is 2. The fourth-order valence-electron chi connectivity index (χ4n) is 1.91. The molecule has 2 aromatic carbocycles. The van der Waals surface area contributed by atoms with Crippen molar-refractivity contribution in [3.05, 3.63) is 59.2 Å². The summed E-state index contributed by atoms with van der Waals surface area (Å²) in [6.07, 6.45) is 0. The average molecular weight is 284 g/mol. The number of aryl methyl sites for hydroxylation is 1. The number of amides is 1. The van der Waals surface area contributed by atoms with Gasteiger partial charge in [0.25, 0.3) is 5.91 Å². The zero-order valence-electron chi connectivity index (χ0n) is 11.8. The van der Waals surface area contributed by atoms with Crippen LogP contribution in [-0.4, -0.2) is 21.8 Å². The molecule has 0 aliphatic heterocycles. The van der Waals surface area contributed by atoms with E-state index in [1.807, 2.05) is 19.1 Å². The summed E-state index contributed by atoms with van der Waals surface area (Å²) in [5, 5.41) is 23.0. The Bertz CT molecular complexity index is 708. The van der Waals surface area contributed by atoms with E-state index in [-0.39, 0.29) is 17.4 Å². The number of hydrazone groups is 1. The van der Waals surface area contributed by atoms with Gasteiger partial charge in [0.15, 0.2) is 0 Å². The van der Waals surface area contributed by atoms with E-state index in [4.69, 9.17) is 0 Å². The normalized spacial score (nSPS) is 11.2. The van der Waals surface area contributed by atoms with Crippen LogP contribution in [0.15, 0.2) is 47.6 Å². The van der Waals surface area contributed by atoms with Gasteiger partial charge in [-0.15, -0.1) is 0 Å². The number of nitrogens with one attached hydrogen (secondary N) is 1. The Morgan fingerprint density at radius 2 is 1.81 bits per heavy atom. The van der Waals surface area contributed by atoms with Crippen LogP contribution in [0.2, 0.25) is 0 Å². The number of hydrogen-bond donors (Lipinski definition) is 3. The van der Waals surface area contributed by atoms with Gasteiger partial charge in [-0.25, -0.2) is 5.43 Å². The number of carbonyl (C=O) groups excluding carboxylic acids is 1. The third-order valence-corrected chi connectivity index (χ3v) is 3.09. The van der Waals surface area contributed by atoms with Crippen molar-refractivity contribution in [2.75, 3.05) is 0 Å². The summed E-state index contributed by atoms with van der Waals surface area (Å²) in [5.41, 5.74) is 4.74. The lowest BCUT2D eigenvalue weighted by atomic mass is 10.1. The van der Waals surface area contributed by atoms with Crippen molar-refractivity contribution < 1.29 is 15.0 Å². The molecule has 0 fully saturated rings. The van der Waals surface area contributed by atoms with Gasteiger partial charge in [0.1, 0.15) is 11.5 Å². The van der Waals surface area contributed by atoms with Gasteiger partial charge in [-0.2, -0.15) is 5.10 Å². The molecule has 0 aliphatic rings. The van der Waals surface area contributed by atoms with E-state index in [9.17, 15) is 15.0 Å². The highest BCUT2D eigenvalue weighted by Gasteiger charge is 2.09. The number of hydrogen-bond acceptors (Lipinski definition) is 4. The first-order valence-electron chi connectivity index (χ1n) is 6.41. The number of aromatic hydroxyl groups is 2. The van der Waals surface area contributed by atoms with E-state index in [0.29, 0.717) is 16.8 Å². The molecule has 0 aliphatic carbocycles. The first kappa shape index (κ1) is 14.6. The largest absolute Gasteiger partial charge is 0.508 e. The van der Waals surface area contributed by atoms with Gasteiger partial charge in [-0.05, 0) is 37.6 Å². The third-order valence-electron chi connectivity index (χ3n) is 3.09. The van der Waals surface area contributed by atoms with Crippen LogP contribution < -0.4 is 5.43 Å². The van der Waals surface area contributed by atoms with Gasteiger partial charge < -0.3 is 10.2 Å². The Morgan fingerprint density at radius 1 is 1.10 bits per heavy atom. The van der Waals surface area contributed by atoms with E-state index in [2.05, 4.69) is 10.5 Å². The molecule has 2 aromatic rings. The number of carbonyl (C=O) groups is 1. The molecule has 21 heavy (non-hydrogen) atoms. The lowest BCUT2D eigenvalue weighted by Crippen LogP contribution is -2.20. The summed E-state index contributed by atoms with van der Waals surface area (Å²) >= 11 is 0. The van der Waals surface area contributed by atoms with Crippen LogP contribution in [0.3, 0.4) is 0 Å². The van der Waals surface area contributed by atoms with Gasteiger partial charge >= 0.3 is 0 Å². The highest BCUT2D eigenvalue weighted by Crippen LogP contribution is 2.22. The molecule has 108 valence electrons. The molecule has 5 heteroatoms. The molecule has 1 amide bonds. The maximum absolute atomic E-state index is 12.0. The Balaban J connectivity index is 2.17. The van der Waals surface area contributed by atoms with E-state index >= 15 is 0 Å². The van der Waals surface area contributed by atoms with E-state index in [0.717, 1.165) is 5.56 Å². The van der Waals surface area contributed by atoms with Crippen LogP contribution in [0, 0.1) is 6.92 Å². The summed E-state index contributed by atoms with van der Waals surface area (Å²) in [4.78, 5) is 12.0. The molecule has 0 radical (unpaired) electrons. The van der Waals surface area contributed by atoms with E-state index in [1.54, 1.807) is 19.1 Å². The van der Waals surface area contributed by atoms with Gasteiger partial charge in [0, 0.05) is 17.2 Å². The summed E-state index contributed by atoms with van der Waals surface area (Å²) in [7, 11) is 0. The van der Waals surface area contributed by atoms with Crippen molar-refractivity contribution in [1.82, 2.24) is 5.43 Å². The maximum Gasteiger partial charge on any atom is 0.271 e. The SMILES string of the molecule is C/C(=N\NC(=O)c1ccccc1C)c1ccc(O)cc1O. The minimum atomic E-state index is -0.314. The van der Waals surface area contributed by atoms with Crippen molar-refractivity contribution in [3.8, 4) is 11.5 Å². The minimum Gasteiger partial charge on any atom is -0.508 e. The van der Waals surface area contributed by atoms with E-state index in [1.165, 1.54) is 18.2 Å². The van der Waals surface area contributed by atoms with Gasteiger partial charge in [-0.3, -0.25) is 4.79 Å². The predicted octanol–water partition coefficient (Wildman–Crippen LogP) is 2.56. The number of nitrogens with zero attached hydrogens (tertiary/aromatic N) is 1. The molecule has 0 bridgehead atoms. The quantitative estimate of drug-likeness (QED) is 0.598. The summed E-state index contributed by atoms with van der Waals surface area (Å²) < 4.78 is 0. The second kappa shape index (κ2) is 6.09. The predicted molar refractivity (Wildman–Crippen MR) is 80.6 cm³/mol. The van der Waals surface area contributed by atoms with Crippen molar-refractivity contribution in [1.29, 1.82) is 0 Å². The Morgan fingerprint density at radius 3 is 2.48 bits per heavy atom. The van der Waals surface area contributed by atoms with Crippen LogP contribution in [0.1, 0.15) is 28.4 Å². The first-order chi connectivity index (χ1) is 9.99. The zero-order valence-corrected chi connectivity index (χ0v) is 11.8. The zero-order chi connectivity index (χ0) is 15.4. The van der Waals surface area contributed by atoms with Crippen LogP contribution in [-0.2, 0) is 0 Å². The molecule has 3 N–H and O–H groups in total. The Labute approximate surface area is 122 Å². The van der Waals surface area contributed by atoms with Crippen molar-refractivity contribution in [2.24, 2.45) is 5.10 Å². The molecule has 5 nitrogen and oxygen atoms in total. The molecule has 0 spiro atoms. The van der Waals surface area contributed by atoms with Crippen molar-refractivity contribution >= 4 is 11.6 Å². The van der Waals surface area contributed by atoms with Crippen LogP contribution in [0.5, 0.6) is 11.5 Å². The van der Waals surface area contributed by atoms with Crippen LogP contribution >= 0.6 is 0 Å². The maximum atomic E-state index is 12.0. The average Bonchev–Trinajstić information content (AvgIpc) is 2.45. The fraction of sp³-hybridized carbons (Fsp3) is 0.125. The Hall–Kier alpha value is -2.82. The van der Waals surface area contributed by atoms with Crippen molar-refractivity contribution in [2.45, 2.75) is 13.8 Å². The lowest BCUT2D eigenvalue weighted by Gasteiger charge is -2.06. The third kappa shape index (κ3) is 3.39. The minimum absolute atomic E-state index is 0.0343. The summed E-state index contributed by atoms with van der Waals surface area (Å²) in [6, 6.07) is 11.4. The molecule has 0 aromatic heterocycles. The molecule has 0 saturated heterocycles. The highest BCUT2D eigenvalue weighted by atomic mass is 16.3. The second-order valence-electron chi connectivity index (χ2n) is 4.65. The summed E-state index contributed by atoms with van der Waals surface area (Å²) in [5.74, 6) is -0.444. The molecule has 0 saturated carbocycles. The van der Waals surface area contributed by atoms with Crippen molar-refractivity contribution in [3.63, 3.8) is 0 Å². The topological polar surface area (TPSA) is 81.9 Å². The molecule has 2 rings (SSSR count). The lowest BCUT2D eigenvalue weighted by molar-refractivity contribution is 0.0954. The molecule has 0 heterocycles. The van der Waals surface area contributed by atoms with Gasteiger partial charge in [0.2, 0.25) is 0 Å². The van der Waals surface area contributed by atoms with Crippen LogP contribution in [0.4, 0.5) is 0 Å². The molecular formula is C16H16N2O3. The van der Waals surface area contributed by atoms with Gasteiger partial charge in [0.05, 0.1) is 5.71 Å². The monoisotopic (exact) mass is 284 g/mol. The summed E-state index contributed by atoms with van der Waals surface area (Å²) in [6.45, 7) is 3.50. The fourth-order valence-corrected chi connectivity index (χ4v) is 1.91. The number of phenolic OH excluding ortho intramolecular Hbond substituents is 2. The van der Waals surface area contributed by atoms with Crippen LogP contribution in [0.25, 0.3) is 0 Å². The van der Waals surface area contributed by atoms with E-state index < -0.39 is 0 Å². The smallest absolute Gasteiger partial charge is 0.271 e. The standard InChI is InChI=1S/C16H16N2O3/c1-10-5-3-4-6-13(10)16(21)18-17-11(2)14-8-7-12(19)9-15(14)20/h3-9,19-20H,1-2H3,(H,18,21)/b17-11+. The first-order valence-corrected chi connectivity index (χ1v) is 6.41. The molecule has 0 unspecified atom stereocenters. The second-order valence-corrected chi connectivity index (χ2v) is 4.65. The number of benzene rings is 2. The Kier molecular flexibility index (Phi) is 4.23. The number of rotatable bonds is 3. The highest BCUT2D eigenvalue weighted by molar-refractivity contribution is 6.03. The van der Waals surface area contributed by atoms with Gasteiger partial charge in [-0.1, -0.05) is 18.2 Å². The molecule has 0 atom stereocenters. The molecular weight excluding hydrogens is 268 g/mol.